The van der Waals surface area contributed by atoms with Gasteiger partial charge in [0, 0.05) is 35.0 Å². The van der Waals surface area contributed by atoms with Crippen LogP contribution >= 0.6 is 0 Å². The number of aromatic amines is 1. The Balaban J connectivity index is 0.00000205. The highest BCUT2D eigenvalue weighted by molar-refractivity contribution is 6.03. The summed E-state index contributed by atoms with van der Waals surface area (Å²) in [6.07, 6.45) is -2.37. The Morgan fingerprint density at radius 2 is 1.86 bits per heavy atom. The number of hydrogen-bond acceptors (Lipinski definition) is 9. The molecule has 16 heteroatoms. The van der Waals surface area contributed by atoms with Gasteiger partial charge in [-0.25, -0.2) is 9.82 Å². The van der Waals surface area contributed by atoms with Crippen LogP contribution in [0.15, 0.2) is 30.5 Å². The molecule has 0 bridgehead atoms. The topological polar surface area (TPSA) is 109 Å². The highest BCUT2D eigenvalue weighted by Crippen LogP contribution is 2.46. The maximum absolute atomic E-state index is 16.9. The van der Waals surface area contributed by atoms with Gasteiger partial charge in [0.1, 0.15) is 30.7 Å². The second-order valence-corrected chi connectivity index (χ2v) is 12.1. The first-order valence-electron chi connectivity index (χ1n) is 16.1. The average Bonchev–Trinajstić information content (AvgIpc) is 3.78. The molecule has 0 radical (unpaired) electrons. The lowest BCUT2D eigenvalue weighted by atomic mass is 9.90. The Morgan fingerprint density at radius 3 is 2.53 bits per heavy atom. The zero-order valence-electron chi connectivity index (χ0n) is 27.2. The monoisotopic (exact) mass is 687 g/mol. The van der Waals surface area contributed by atoms with Gasteiger partial charge in [0.25, 0.3) is 6.08 Å². The van der Waals surface area contributed by atoms with E-state index < -0.39 is 34.8 Å². The predicted octanol–water partition coefficient (Wildman–Crippen LogP) is 6.87. The predicted molar refractivity (Wildman–Crippen MR) is 171 cm³/mol. The Morgan fingerprint density at radius 1 is 1.12 bits per heavy atom. The standard InChI is InChI=1S/C31H29F6N9O.C2H6/c1-17-12-20-24(21(13-38)43-42-20)23(25(17)31(35,36)37)18-4-5-19-27(26(18)34)40-29(47-15-30-6-2-9-45(30)10-3-7-30)41-28(19)44-11-8-39-46(16-44)14-22(32)33;1-2/h4-5,12,14,39H,2-3,6-11,15-16H2,1H3,(H,42,43);1-2H3. The highest BCUT2D eigenvalue weighted by Gasteiger charge is 2.45. The molecular weight excluding hydrogens is 652 g/mol. The molecule has 10 nitrogen and oxygen atoms in total. The van der Waals surface area contributed by atoms with Crippen molar-refractivity contribution in [1.29, 1.82) is 5.26 Å². The van der Waals surface area contributed by atoms with Gasteiger partial charge in [-0.3, -0.25) is 15.0 Å². The number of anilines is 1. The van der Waals surface area contributed by atoms with Crippen molar-refractivity contribution in [2.75, 3.05) is 44.4 Å². The number of aromatic nitrogens is 4. The van der Waals surface area contributed by atoms with Crippen molar-refractivity contribution in [2.24, 2.45) is 0 Å². The number of nitriles is 1. The minimum atomic E-state index is -4.90. The second-order valence-electron chi connectivity index (χ2n) is 12.1. The SMILES string of the molecule is CC.Cc1cc2[nH]nc(C#N)c2c(-c2ccc3c(N4CCNN(C=C(F)F)C4)nc(OCC45CCCN4CCC5)nc3c2F)c1C(F)(F)F. The van der Waals surface area contributed by atoms with Crippen LogP contribution in [0.4, 0.5) is 32.2 Å². The van der Waals surface area contributed by atoms with Gasteiger partial charge in [-0.05, 0) is 63.4 Å². The zero-order valence-corrected chi connectivity index (χ0v) is 27.2. The third-order valence-corrected chi connectivity index (χ3v) is 9.33. The van der Waals surface area contributed by atoms with E-state index in [4.69, 9.17) is 4.74 Å². The van der Waals surface area contributed by atoms with Crippen molar-refractivity contribution in [3.8, 4) is 23.2 Å². The van der Waals surface area contributed by atoms with Crippen LogP contribution in [0.1, 0.15) is 56.4 Å². The maximum atomic E-state index is 16.9. The van der Waals surface area contributed by atoms with Gasteiger partial charge in [0.15, 0.2) is 11.5 Å². The first-order chi connectivity index (χ1) is 23.5. The summed E-state index contributed by atoms with van der Waals surface area (Å²) in [5.41, 5.74) is -0.140. The van der Waals surface area contributed by atoms with E-state index in [2.05, 4.69) is 30.5 Å². The fourth-order valence-electron chi connectivity index (χ4n) is 7.33. The smallest absolute Gasteiger partial charge is 0.417 e. The number of nitrogens with one attached hydrogen (secondary N) is 2. The lowest BCUT2D eigenvalue weighted by molar-refractivity contribution is -0.137. The molecule has 3 fully saturated rings. The number of alkyl halides is 3. The summed E-state index contributed by atoms with van der Waals surface area (Å²) < 4.78 is 93.1. The van der Waals surface area contributed by atoms with Crippen LogP contribution in [0.3, 0.4) is 0 Å². The van der Waals surface area contributed by atoms with Gasteiger partial charge in [-0.15, -0.1) is 0 Å². The van der Waals surface area contributed by atoms with E-state index in [-0.39, 0.29) is 70.3 Å². The van der Waals surface area contributed by atoms with Crippen LogP contribution in [0.25, 0.3) is 32.9 Å². The first kappa shape index (κ1) is 34.3. The molecule has 0 atom stereocenters. The van der Waals surface area contributed by atoms with Crippen LogP contribution in [0.5, 0.6) is 6.01 Å². The second kappa shape index (κ2) is 13.4. The molecule has 7 rings (SSSR count). The van der Waals surface area contributed by atoms with Crippen molar-refractivity contribution in [3.05, 3.63) is 53.1 Å². The molecule has 3 aliphatic rings. The quantitative estimate of drug-likeness (QED) is 0.210. The molecule has 2 aromatic heterocycles. The number of nitrogens with zero attached hydrogens (tertiary/aromatic N) is 7. The molecule has 0 saturated carbocycles. The van der Waals surface area contributed by atoms with Crippen molar-refractivity contribution >= 4 is 27.6 Å². The molecule has 0 amide bonds. The minimum absolute atomic E-state index is 0.0960. The minimum Gasteiger partial charge on any atom is -0.461 e. The van der Waals surface area contributed by atoms with Crippen molar-refractivity contribution in [3.63, 3.8) is 0 Å². The number of benzene rings is 2. The summed E-state index contributed by atoms with van der Waals surface area (Å²) in [6, 6.07) is 5.43. The average molecular weight is 688 g/mol. The lowest BCUT2D eigenvalue weighted by Crippen LogP contribution is -2.52. The molecule has 0 aliphatic carbocycles. The van der Waals surface area contributed by atoms with E-state index in [9.17, 15) is 27.2 Å². The number of halogens is 6. The number of fused-ring (bicyclic) bond motifs is 3. The molecule has 2 N–H and O–H groups in total. The van der Waals surface area contributed by atoms with Gasteiger partial charge in [0.05, 0.1) is 22.8 Å². The van der Waals surface area contributed by atoms with Crippen LogP contribution in [0.2, 0.25) is 0 Å². The Bertz CT molecular complexity index is 1940. The zero-order chi connectivity index (χ0) is 35.1. The molecule has 2 aromatic carbocycles. The fourth-order valence-corrected chi connectivity index (χ4v) is 7.33. The molecule has 3 saturated heterocycles. The summed E-state index contributed by atoms with van der Waals surface area (Å²) in [5.74, 6) is -0.907. The van der Waals surface area contributed by atoms with Gasteiger partial charge < -0.3 is 9.64 Å². The summed E-state index contributed by atoms with van der Waals surface area (Å²) in [6.45, 7) is 7.81. The highest BCUT2D eigenvalue weighted by atomic mass is 19.4. The number of hydrazine groups is 1. The van der Waals surface area contributed by atoms with Crippen molar-refractivity contribution < 1.29 is 31.1 Å². The van der Waals surface area contributed by atoms with Gasteiger partial charge in [0.2, 0.25) is 0 Å². The third kappa shape index (κ3) is 6.21. The van der Waals surface area contributed by atoms with E-state index in [1.165, 1.54) is 25.1 Å². The number of H-pyrrole nitrogens is 1. The Labute approximate surface area is 278 Å². The molecule has 5 heterocycles. The van der Waals surface area contributed by atoms with Crippen LogP contribution in [-0.2, 0) is 6.18 Å². The van der Waals surface area contributed by atoms with Crippen LogP contribution in [-0.4, -0.2) is 75.1 Å². The van der Waals surface area contributed by atoms with E-state index in [1.807, 2.05) is 13.8 Å². The number of aryl methyl sites for hydroxylation is 1. The van der Waals surface area contributed by atoms with Gasteiger partial charge in [-0.2, -0.15) is 42.3 Å². The summed E-state index contributed by atoms with van der Waals surface area (Å²) in [4.78, 5) is 13.0. The number of ether oxygens (including phenoxy) is 1. The van der Waals surface area contributed by atoms with Crippen LogP contribution < -0.4 is 15.1 Å². The molecule has 3 aliphatic heterocycles. The first-order valence-corrected chi connectivity index (χ1v) is 16.1. The molecule has 49 heavy (non-hydrogen) atoms. The fraction of sp³-hybridized carbons (Fsp3) is 0.455. The maximum Gasteiger partial charge on any atom is 0.417 e. The molecule has 4 aromatic rings. The Kier molecular flexibility index (Phi) is 9.34. The van der Waals surface area contributed by atoms with Crippen molar-refractivity contribution in [1.82, 2.24) is 35.5 Å². The molecule has 260 valence electrons. The summed E-state index contributed by atoms with van der Waals surface area (Å²) in [5, 5.41) is 17.3. The van der Waals surface area contributed by atoms with Gasteiger partial charge in [-0.1, -0.05) is 19.9 Å². The largest absolute Gasteiger partial charge is 0.461 e. The van der Waals surface area contributed by atoms with Crippen LogP contribution in [0, 0.1) is 24.1 Å². The van der Waals surface area contributed by atoms with Gasteiger partial charge >= 0.3 is 12.2 Å². The third-order valence-electron chi connectivity index (χ3n) is 9.33. The molecule has 0 unspecified atom stereocenters. The van der Waals surface area contributed by atoms with E-state index >= 15 is 4.39 Å². The number of rotatable bonds is 6. The van der Waals surface area contributed by atoms with E-state index in [1.54, 1.807) is 11.0 Å². The number of hydrogen-bond donors (Lipinski definition) is 2. The van der Waals surface area contributed by atoms with Crippen molar-refractivity contribution in [2.45, 2.75) is 58.2 Å². The summed E-state index contributed by atoms with van der Waals surface area (Å²) >= 11 is 0. The molecule has 0 spiro atoms. The molecular formula is C33H35F6N9O. The van der Waals surface area contributed by atoms with E-state index in [0.717, 1.165) is 43.8 Å². The summed E-state index contributed by atoms with van der Waals surface area (Å²) in [7, 11) is 0. The van der Waals surface area contributed by atoms with E-state index in [0.29, 0.717) is 12.7 Å². The Hall–Kier alpha value is -4.62. The normalized spacial score (nSPS) is 17.6. The lowest BCUT2D eigenvalue weighted by Gasteiger charge is -2.36.